The molecule has 3 N–H and O–H groups in total. The van der Waals surface area contributed by atoms with Gasteiger partial charge in [0.2, 0.25) is 5.91 Å². The molecule has 47 heavy (non-hydrogen) atoms. The molecule has 2 amide bonds. The Kier molecular flexibility index (Phi) is 10.6. The molecule has 1 saturated carbocycles. The zero-order chi connectivity index (χ0) is 32.6. The predicted octanol–water partition coefficient (Wildman–Crippen LogP) is 5.52. The van der Waals surface area contributed by atoms with E-state index in [0.29, 0.717) is 68.9 Å². The van der Waals surface area contributed by atoms with Crippen molar-refractivity contribution in [1.29, 1.82) is 0 Å². The molecule has 0 unspecified atom stereocenters. The van der Waals surface area contributed by atoms with E-state index in [4.69, 9.17) is 10.5 Å². The fourth-order valence-corrected chi connectivity index (χ4v) is 6.68. The number of amides is 2. The average molecular weight is 635 g/mol. The summed E-state index contributed by atoms with van der Waals surface area (Å²) in [4.78, 5) is 46.7. The Balaban J connectivity index is 1.18. The Hall–Kier alpha value is -4.54. The number of morpholine rings is 1. The number of anilines is 1. The van der Waals surface area contributed by atoms with Crippen molar-refractivity contribution >= 4 is 29.1 Å². The number of ketones is 1. The van der Waals surface area contributed by atoms with Gasteiger partial charge in [-0.05, 0) is 91.6 Å². The lowest BCUT2D eigenvalue weighted by atomic mass is 9.77. The van der Waals surface area contributed by atoms with Crippen molar-refractivity contribution in [2.75, 3.05) is 44.8 Å². The molecule has 1 saturated heterocycles. The summed E-state index contributed by atoms with van der Waals surface area (Å²) in [6, 6.07) is 23.0. The van der Waals surface area contributed by atoms with Crippen molar-refractivity contribution in [3.63, 3.8) is 0 Å². The van der Waals surface area contributed by atoms with Gasteiger partial charge in [-0.1, -0.05) is 42.5 Å². The normalized spacial score (nSPS) is 20.0. The highest BCUT2D eigenvalue weighted by atomic mass is 16.5. The molecule has 0 aromatic heterocycles. The third-order valence-electron chi connectivity index (χ3n) is 9.52. The molecule has 0 bridgehead atoms. The van der Waals surface area contributed by atoms with E-state index >= 15 is 0 Å². The van der Waals surface area contributed by atoms with Crippen LogP contribution in [0.15, 0.2) is 88.0 Å². The summed E-state index contributed by atoms with van der Waals surface area (Å²) in [7, 11) is 0. The van der Waals surface area contributed by atoms with Gasteiger partial charge in [-0.2, -0.15) is 5.11 Å². The maximum absolute atomic E-state index is 13.7. The van der Waals surface area contributed by atoms with Crippen LogP contribution in [0.5, 0.6) is 0 Å². The number of azo groups is 1. The lowest BCUT2D eigenvalue weighted by molar-refractivity contribution is -0.129. The topological polar surface area (TPSA) is 139 Å². The summed E-state index contributed by atoms with van der Waals surface area (Å²) >= 11 is 0. The third kappa shape index (κ3) is 8.07. The van der Waals surface area contributed by atoms with Crippen LogP contribution in [-0.2, 0) is 20.7 Å². The maximum atomic E-state index is 13.7. The van der Waals surface area contributed by atoms with Crippen molar-refractivity contribution in [3.05, 3.63) is 89.5 Å². The van der Waals surface area contributed by atoms with Gasteiger partial charge in [-0.15, -0.1) is 5.11 Å². The number of aliphatic imine (C=N–C) groups is 1. The molecule has 3 aliphatic rings. The average Bonchev–Trinajstić information content (AvgIpc) is 3.67. The minimum absolute atomic E-state index is 0.00243. The number of nitrogens with one attached hydrogen (secondary N) is 1. The largest absolute Gasteiger partial charge is 0.378 e. The van der Waals surface area contributed by atoms with Crippen LogP contribution in [0.1, 0.15) is 53.6 Å². The minimum atomic E-state index is -0.538. The first kappa shape index (κ1) is 32.4. The van der Waals surface area contributed by atoms with Crippen LogP contribution < -0.4 is 11.1 Å². The molecular weight excluding hydrogens is 592 g/mol. The number of carbonyl (C=O) groups is 3. The Bertz CT molecular complexity index is 1620. The zero-order valence-corrected chi connectivity index (χ0v) is 26.6. The molecule has 2 aliphatic heterocycles. The van der Waals surface area contributed by atoms with Crippen LogP contribution in [0.3, 0.4) is 0 Å². The maximum Gasteiger partial charge on any atom is 0.254 e. The monoisotopic (exact) mass is 634 g/mol. The zero-order valence-electron chi connectivity index (χ0n) is 26.6. The van der Waals surface area contributed by atoms with Crippen LogP contribution >= 0.6 is 0 Å². The molecule has 3 aromatic carbocycles. The van der Waals surface area contributed by atoms with E-state index in [2.05, 4.69) is 20.5 Å². The molecule has 10 heteroatoms. The van der Waals surface area contributed by atoms with Gasteiger partial charge in [0, 0.05) is 48.2 Å². The number of benzene rings is 3. The summed E-state index contributed by atoms with van der Waals surface area (Å²) in [5.41, 5.74) is 10.7. The van der Waals surface area contributed by atoms with Gasteiger partial charge in [0.25, 0.3) is 5.91 Å². The van der Waals surface area contributed by atoms with Crippen LogP contribution in [0, 0.1) is 17.8 Å². The van der Waals surface area contributed by atoms with Crippen LogP contribution in [-0.4, -0.2) is 67.8 Å². The molecule has 3 aromatic rings. The number of ether oxygens (including phenoxy) is 1. The molecule has 2 heterocycles. The molecule has 0 radical (unpaired) electrons. The van der Waals surface area contributed by atoms with Crippen LogP contribution in [0.2, 0.25) is 0 Å². The van der Waals surface area contributed by atoms with E-state index in [1.807, 2.05) is 77.7 Å². The van der Waals surface area contributed by atoms with Gasteiger partial charge < -0.3 is 20.7 Å². The van der Waals surface area contributed by atoms with E-state index in [0.717, 1.165) is 47.9 Å². The Morgan fingerprint density at radius 2 is 1.60 bits per heavy atom. The lowest BCUT2D eigenvalue weighted by Gasteiger charge is -2.28. The van der Waals surface area contributed by atoms with Crippen molar-refractivity contribution in [3.8, 4) is 11.1 Å². The second-order valence-corrected chi connectivity index (χ2v) is 12.6. The highest BCUT2D eigenvalue weighted by Gasteiger charge is 2.30. The van der Waals surface area contributed by atoms with E-state index < -0.39 is 5.92 Å². The highest BCUT2D eigenvalue weighted by Crippen LogP contribution is 2.32. The van der Waals surface area contributed by atoms with Crippen molar-refractivity contribution in [1.82, 2.24) is 4.90 Å². The number of Topliss-reactive ketones (excluding diaryl/α,β-unsaturated/α-hetero) is 1. The quantitative estimate of drug-likeness (QED) is 0.286. The van der Waals surface area contributed by atoms with Gasteiger partial charge >= 0.3 is 0 Å². The number of rotatable bonds is 11. The minimum Gasteiger partial charge on any atom is -0.378 e. The van der Waals surface area contributed by atoms with Gasteiger partial charge in [-0.25, -0.2) is 4.99 Å². The van der Waals surface area contributed by atoms with Crippen molar-refractivity contribution in [2.24, 2.45) is 38.7 Å². The summed E-state index contributed by atoms with van der Waals surface area (Å²) in [6.45, 7) is 3.23. The molecule has 1 atom stereocenters. The molecule has 6 rings (SSSR count). The third-order valence-corrected chi connectivity index (χ3v) is 9.52. The van der Waals surface area contributed by atoms with Crippen molar-refractivity contribution < 1.29 is 19.1 Å². The Labute approximate surface area is 275 Å². The fraction of sp³-hybridized carbons (Fsp3) is 0.405. The lowest BCUT2D eigenvalue weighted by Crippen LogP contribution is -2.40. The summed E-state index contributed by atoms with van der Waals surface area (Å²) in [5.74, 6) is 0.438. The predicted molar refractivity (Wildman–Crippen MR) is 181 cm³/mol. The SMILES string of the molecule is NCC1CCC(C(=O)C[C@@H](Cc2ccc(-c3ccccc3C(=O)N3CCOCC3)cc2)C(=O)Nc2ccc(C3=NCN=N3)cc2)CC1. The van der Waals surface area contributed by atoms with Gasteiger partial charge in [0.15, 0.2) is 12.5 Å². The highest BCUT2D eigenvalue weighted by molar-refractivity contribution is 6.02. The number of hydrogen-bond donors (Lipinski definition) is 2. The molecule has 2 fully saturated rings. The van der Waals surface area contributed by atoms with E-state index in [1.54, 1.807) is 0 Å². The second-order valence-electron chi connectivity index (χ2n) is 12.6. The fourth-order valence-electron chi connectivity index (χ4n) is 6.68. The summed E-state index contributed by atoms with van der Waals surface area (Å²) in [6.07, 6.45) is 4.16. The number of hydrogen-bond acceptors (Lipinski definition) is 8. The standard InChI is InChI=1S/C37H42N6O4/c38-23-26-7-11-28(12-8-26)34(44)22-30(36(45)41-31-15-13-29(14-16-31)35-39-24-40-42-35)21-25-5-9-27(10-6-25)32-3-1-2-4-33(32)37(46)43-17-19-47-20-18-43/h1-6,9-10,13-16,26,28,30H,7-8,11-12,17-24,38H2,(H,41,45)/t26?,28?,30-/m1/s1. The number of nitrogens with zero attached hydrogens (tertiary/aromatic N) is 4. The summed E-state index contributed by atoms with van der Waals surface area (Å²) < 4.78 is 5.43. The van der Waals surface area contributed by atoms with Crippen LogP contribution in [0.4, 0.5) is 5.69 Å². The molecular formula is C37H42N6O4. The first-order valence-electron chi connectivity index (χ1n) is 16.6. The van der Waals surface area contributed by atoms with Gasteiger partial charge in [-0.3, -0.25) is 14.4 Å². The molecule has 10 nitrogen and oxygen atoms in total. The Morgan fingerprint density at radius 3 is 2.28 bits per heavy atom. The molecule has 244 valence electrons. The second kappa shape index (κ2) is 15.4. The number of nitrogens with two attached hydrogens (primary N) is 1. The smallest absolute Gasteiger partial charge is 0.254 e. The first-order valence-corrected chi connectivity index (χ1v) is 16.6. The van der Waals surface area contributed by atoms with Crippen molar-refractivity contribution in [2.45, 2.75) is 38.5 Å². The number of amidine groups is 1. The van der Waals surface area contributed by atoms with E-state index in [9.17, 15) is 14.4 Å². The first-order chi connectivity index (χ1) is 23.0. The molecule has 1 aliphatic carbocycles. The van der Waals surface area contributed by atoms with E-state index in [-0.39, 0.29) is 29.9 Å². The summed E-state index contributed by atoms with van der Waals surface area (Å²) in [5, 5.41) is 11.0. The van der Waals surface area contributed by atoms with Gasteiger partial charge in [0.1, 0.15) is 5.78 Å². The van der Waals surface area contributed by atoms with Gasteiger partial charge in [0.05, 0.1) is 13.2 Å². The van der Waals surface area contributed by atoms with E-state index in [1.165, 1.54) is 0 Å². The molecule has 0 spiro atoms. The number of carbonyl (C=O) groups excluding carboxylic acids is 3. The Morgan fingerprint density at radius 1 is 0.894 bits per heavy atom. The van der Waals surface area contributed by atoms with Crippen LogP contribution in [0.25, 0.3) is 11.1 Å².